The number of aromatic amines is 1. The molecule has 0 saturated heterocycles. The number of nitrogens with one attached hydrogen (secondary N) is 3. The number of carbonyl (C=O) groups is 1. The molecular formula is C24H23N3O2. The van der Waals surface area contributed by atoms with Gasteiger partial charge in [-0.2, -0.15) is 0 Å². The van der Waals surface area contributed by atoms with E-state index in [1.54, 1.807) is 0 Å². The maximum Gasteiger partial charge on any atom is 0.315 e. The third-order valence-corrected chi connectivity index (χ3v) is 4.60. The monoisotopic (exact) mass is 385 g/mol. The minimum absolute atomic E-state index is 0.185. The first-order valence-electron chi connectivity index (χ1n) is 9.66. The molecule has 5 heteroatoms. The van der Waals surface area contributed by atoms with Crippen LogP contribution in [0.1, 0.15) is 11.3 Å². The van der Waals surface area contributed by atoms with E-state index in [1.165, 1.54) is 5.39 Å². The molecule has 0 fully saturated rings. The van der Waals surface area contributed by atoms with Crippen LogP contribution >= 0.6 is 0 Å². The normalized spacial score (nSPS) is 10.6. The summed E-state index contributed by atoms with van der Waals surface area (Å²) in [5.74, 6) is 1.53. The molecule has 1 heterocycles. The summed E-state index contributed by atoms with van der Waals surface area (Å²) in [5.41, 5.74) is 3.20. The van der Waals surface area contributed by atoms with Crippen LogP contribution in [0.3, 0.4) is 0 Å². The Labute approximate surface area is 169 Å². The van der Waals surface area contributed by atoms with Crippen molar-refractivity contribution in [3.63, 3.8) is 0 Å². The number of carbonyl (C=O) groups excluding carboxylic acids is 1. The van der Waals surface area contributed by atoms with Crippen LogP contribution < -0.4 is 15.4 Å². The van der Waals surface area contributed by atoms with E-state index in [-0.39, 0.29) is 6.03 Å². The van der Waals surface area contributed by atoms with Crippen LogP contribution in [0.4, 0.5) is 4.79 Å². The van der Waals surface area contributed by atoms with E-state index in [2.05, 4.69) is 33.8 Å². The number of hydrogen-bond donors (Lipinski definition) is 3. The fourth-order valence-corrected chi connectivity index (χ4v) is 3.17. The van der Waals surface area contributed by atoms with Crippen LogP contribution in [-0.2, 0) is 13.0 Å². The van der Waals surface area contributed by atoms with Gasteiger partial charge in [0.25, 0.3) is 0 Å². The third-order valence-electron chi connectivity index (χ3n) is 4.60. The van der Waals surface area contributed by atoms with Crippen LogP contribution in [0.2, 0.25) is 0 Å². The van der Waals surface area contributed by atoms with Crippen molar-refractivity contribution >= 4 is 16.9 Å². The molecule has 4 aromatic rings. The van der Waals surface area contributed by atoms with Gasteiger partial charge >= 0.3 is 6.03 Å². The Balaban J connectivity index is 1.23. The fourth-order valence-electron chi connectivity index (χ4n) is 3.17. The lowest BCUT2D eigenvalue weighted by molar-refractivity contribution is 0.240. The highest BCUT2D eigenvalue weighted by Crippen LogP contribution is 2.21. The van der Waals surface area contributed by atoms with E-state index >= 15 is 0 Å². The summed E-state index contributed by atoms with van der Waals surface area (Å²) >= 11 is 0. The Hall–Kier alpha value is -3.73. The van der Waals surface area contributed by atoms with E-state index in [0.717, 1.165) is 34.7 Å². The van der Waals surface area contributed by atoms with Crippen molar-refractivity contribution in [3.05, 3.63) is 96.2 Å². The van der Waals surface area contributed by atoms with Crippen molar-refractivity contribution in [1.82, 2.24) is 15.6 Å². The Bertz CT molecular complexity index is 1060. The summed E-state index contributed by atoms with van der Waals surface area (Å²) < 4.78 is 5.83. The first-order valence-corrected chi connectivity index (χ1v) is 9.66. The van der Waals surface area contributed by atoms with Gasteiger partial charge in [0.2, 0.25) is 0 Å². The molecule has 3 N–H and O–H groups in total. The number of hydrogen-bond acceptors (Lipinski definition) is 2. The van der Waals surface area contributed by atoms with Gasteiger partial charge in [0.1, 0.15) is 11.5 Å². The summed E-state index contributed by atoms with van der Waals surface area (Å²) in [6.07, 6.45) is 0.752. The smallest absolute Gasteiger partial charge is 0.315 e. The predicted octanol–water partition coefficient (Wildman–Crippen LogP) is 5.00. The van der Waals surface area contributed by atoms with Gasteiger partial charge < -0.3 is 20.4 Å². The minimum atomic E-state index is -0.185. The molecule has 0 unspecified atom stereocenters. The SMILES string of the molecule is O=C(NCCc1cc2ccccc2[nH]1)NCc1cccc(Oc2ccccc2)c1. The van der Waals surface area contributed by atoms with Gasteiger partial charge in [-0.05, 0) is 47.3 Å². The van der Waals surface area contributed by atoms with Gasteiger partial charge in [0, 0.05) is 30.7 Å². The molecule has 1 aromatic heterocycles. The van der Waals surface area contributed by atoms with Crippen LogP contribution in [-0.4, -0.2) is 17.6 Å². The summed E-state index contributed by atoms with van der Waals surface area (Å²) in [5, 5.41) is 6.97. The van der Waals surface area contributed by atoms with Gasteiger partial charge in [-0.25, -0.2) is 4.79 Å². The molecule has 5 nitrogen and oxygen atoms in total. The molecule has 0 aliphatic rings. The molecule has 0 aliphatic carbocycles. The number of aromatic nitrogens is 1. The molecule has 146 valence electrons. The highest BCUT2D eigenvalue weighted by molar-refractivity contribution is 5.80. The summed E-state index contributed by atoms with van der Waals surface area (Å²) in [4.78, 5) is 15.5. The van der Waals surface area contributed by atoms with Gasteiger partial charge in [-0.15, -0.1) is 0 Å². The topological polar surface area (TPSA) is 66.2 Å². The van der Waals surface area contributed by atoms with E-state index in [1.807, 2.05) is 66.7 Å². The lowest BCUT2D eigenvalue weighted by Gasteiger charge is -2.09. The van der Waals surface area contributed by atoms with Crippen molar-refractivity contribution in [3.8, 4) is 11.5 Å². The maximum atomic E-state index is 12.1. The molecule has 0 atom stereocenters. The molecule has 4 rings (SSSR count). The minimum Gasteiger partial charge on any atom is -0.457 e. The molecule has 0 saturated carbocycles. The highest BCUT2D eigenvalue weighted by Gasteiger charge is 2.04. The number of para-hydroxylation sites is 2. The molecule has 3 aromatic carbocycles. The van der Waals surface area contributed by atoms with Crippen molar-refractivity contribution in [1.29, 1.82) is 0 Å². The van der Waals surface area contributed by atoms with Crippen molar-refractivity contribution < 1.29 is 9.53 Å². The number of benzene rings is 3. The molecule has 0 spiro atoms. The third kappa shape index (κ3) is 5.17. The maximum absolute atomic E-state index is 12.1. The average molecular weight is 385 g/mol. The second-order valence-corrected chi connectivity index (χ2v) is 6.80. The highest BCUT2D eigenvalue weighted by atomic mass is 16.5. The first-order chi connectivity index (χ1) is 14.3. The zero-order valence-electron chi connectivity index (χ0n) is 16.0. The van der Waals surface area contributed by atoms with Crippen LogP contribution in [0.15, 0.2) is 84.9 Å². The van der Waals surface area contributed by atoms with E-state index in [4.69, 9.17) is 4.74 Å². The lowest BCUT2D eigenvalue weighted by Crippen LogP contribution is -2.36. The zero-order valence-corrected chi connectivity index (χ0v) is 16.0. The van der Waals surface area contributed by atoms with E-state index in [0.29, 0.717) is 13.1 Å². The summed E-state index contributed by atoms with van der Waals surface area (Å²) in [6.45, 7) is 1.00. The Morgan fingerprint density at radius 1 is 0.828 bits per heavy atom. The Morgan fingerprint density at radius 3 is 2.48 bits per heavy atom. The number of H-pyrrole nitrogens is 1. The van der Waals surface area contributed by atoms with Gasteiger partial charge in [-0.1, -0.05) is 48.5 Å². The standard InChI is InChI=1S/C24H23N3O2/c28-24(25-14-13-20-16-19-8-4-5-12-23(19)27-20)26-17-18-7-6-11-22(15-18)29-21-9-2-1-3-10-21/h1-12,15-16,27H,13-14,17H2,(H2,25,26,28). The number of urea groups is 1. The fraction of sp³-hybridized carbons (Fsp3) is 0.125. The Morgan fingerprint density at radius 2 is 1.62 bits per heavy atom. The van der Waals surface area contributed by atoms with Crippen LogP contribution in [0.25, 0.3) is 10.9 Å². The van der Waals surface area contributed by atoms with Crippen molar-refractivity contribution in [2.75, 3.05) is 6.54 Å². The number of amides is 2. The molecule has 0 bridgehead atoms. The van der Waals surface area contributed by atoms with Crippen LogP contribution in [0.5, 0.6) is 11.5 Å². The van der Waals surface area contributed by atoms with Gasteiger partial charge in [0.15, 0.2) is 0 Å². The number of fused-ring (bicyclic) bond motifs is 1. The summed E-state index contributed by atoms with van der Waals surface area (Å²) in [6, 6.07) is 27.4. The molecular weight excluding hydrogens is 362 g/mol. The summed E-state index contributed by atoms with van der Waals surface area (Å²) in [7, 11) is 0. The number of rotatable bonds is 7. The zero-order chi connectivity index (χ0) is 19.9. The first kappa shape index (κ1) is 18.6. The molecule has 0 aliphatic heterocycles. The molecule has 29 heavy (non-hydrogen) atoms. The lowest BCUT2D eigenvalue weighted by atomic mass is 10.2. The number of ether oxygens (including phenoxy) is 1. The quantitative estimate of drug-likeness (QED) is 0.419. The largest absolute Gasteiger partial charge is 0.457 e. The Kier molecular flexibility index (Phi) is 5.76. The van der Waals surface area contributed by atoms with Crippen molar-refractivity contribution in [2.45, 2.75) is 13.0 Å². The van der Waals surface area contributed by atoms with Crippen molar-refractivity contribution in [2.24, 2.45) is 0 Å². The van der Waals surface area contributed by atoms with E-state index in [9.17, 15) is 4.79 Å². The van der Waals surface area contributed by atoms with Gasteiger partial charge in [0.05, 0.1) is 0 Å². The molecule has 2 amide bonds. The second kappa shape index (κ2) is 8.97. The van der Waals surface area contributed by atoms with Crippen LogP contribution in [0, 0.1) is 0 Å². The van der Waals surface area contributed by atoms with Gasteiger partial charge in [-0.3, -0.25) is 0 Å². The second-order valence-electron chi connectivity index (χ2n) is 6.80. The predicted molar refractivity (Wildman–Crippen MR) is 115 cm³/mol. The average Bonchev–Trinajstić information content (AvgIpc) is 3.16. The van der Waals surface area contributed by atoms with E-state index < -0.39 is 0 Å². The molecule has 0 radical (unpaired) electrons.